The average molecular weight is 273 g/mol. The van der Waals surface area contributed by atoms with E-state index >= 15 is 0 Å². The first-order valence-corrected chi connectivity index (χ1v) is 6.59. The van der Waals surface area contributed by atoms with E-state index in [1.54, 1.807) is 27.7 Å². The molecule has 1 amide bonds. The highest BCUT2D eigenvalue weighted by atomic mass is 16.6. The zero-order valence-corrected chi connectivity index (χ0v) is 12.0. The number of ether oxygens (including phenoxy) is 3. The van der Waals surface area contributed by atoms with Gasteiger partial charge < -0.3 is 19.5 Å². The second-order valence-corrected chi connectivity index (χ2v) is 5.53. The summed E-state index contributed by atoms with van der Waals surface area (Å²) in [5.74, 6) is -0.441. The number of carbonyl (C=O) groups excluding carboxylic acids is 2. The third-order valence-electron chi connectivity index (χ3n) is 2.55. The van der Waals surface area contributed by atoms with Crippen LogP contribution in [0.1, 0.15) is 40.5 Å². The summed E-state index contributed by atoms with van der Waals surface area (Å²) < 4.78 is 15.5. The lowest BCUT2D eigenvalue weighted by molar-refractivity contribution is -0.151. The summed E-state index contributed by atoms with van der Waals surface area (Å²) in [7, 11) is 0. The molecule has 1 aliphatic heterocycles. The Hall–Kier alpha value is -1.30. The van der Waals surface area contributed by atoms with E-state index in [-0.39, 0.29) is 6.10 Å². The van der Waals surface area contributed by atoms with Crippen LogP contribution in [0.25, 0.3) is 0 Å². The third-order valence-corrected chi connectivity index (χ3v) is 2.55. The van der Waals surface area contributed by atoms with Crippen molar-refractivity contribution in [3.63, 3.8) is 0 Å². The van der Waals surface area contributed by atoms with Gasteiger partial charge in [-0.2, -0.15) is 0 Å². The molecule has 0 spiro atoms. The fourth-order valence-electron chi connectivity index (χ4n) is 1.63. The first kappa shape index (κ1) is 15.8. The molecule has 2 unspecified atom stereocenters. The van der Waals surface area contributed by atoms with Gasteiger partial charge in [0.05, 0.1) is 13.2 Å². The fraction of sp³-hybridized carbons (Fsp3) is 0.846. The van der Waals surface area contributed by atoms with Gasteiger partial charge in [0.15, 0.2) is 0 Å². The van der Waals surface area contributed by atoms with Gasteiger partial charge in [-0.3, -0.25) is 0 Å². The summed E-state index contributed by atoms with van der Waals surface area (Å²) in [6.45, 7) is 8.13. The molecule has 0 bridgehead atoms. The minimum absolute atomic E-state index is 0.206. The number of carbonyl (C=O) groups is 2. The van der Waals surface area contributed by atoms with E-state index in [0.717, 1.165) is 0 Å². The maximum absolute atomic E-state index is 11.9. The second-order valence-electron chi connectivity index (χ2n) is 5.53. The Morgan fingerprint density at radius 1 is 1.42 bits per heavy atom. The molecule has 1 fully saturated rings. The predicted molar refractivity (Wildman–Crippen MR) is 68.8 cm³/mol. The Kier molecular flexibility index (Phi) is 5.60. The van der Waals surface area contributed by atoms with Gasteiger partial charge in [-0.15, -0.1) is 0 Å². The summed E-state index contributed by atoms with van der Waals surface area (Å²) in [5, 5.41) is 2.52. The lowest BCUT2D eigenvalue weighted by atomic mass is 10.2. The smallest absolute Gasteiger partial charge is 0.408 e. The standard InChI is InChI=1S/C13H23NO5/c1-5-10(14-12(16)19-13(2,3)4)11(15)18-9-6-7-17-8-9/h9-10H,5-8H2,1-4H3,(H,14,16). The van der Waals surface area contributed by atoms with Crippen molar-refractivity contribution < 1.29 is 23.8 Å². The molecule has 6 heteroatoms. The predicted octanol–water partition coefficient (Wildman–Crippen LogP) is 1.62. The summed E-state index contributed by atoms with van der Waals surface area (Å²) in [5.41, 5.74) is -0.592. The highest BCUT2D eigenvalue weighted by Gasteiger charge is 2.27. The molecular weight excluding hydrogens is 250 g/mol. The molecule has 0 aromatic rings. The number of esters is 1. The Labute approximate surface area is 113 Å². The lowest BCUT2D eigenvalue weighted by Gasteiger charge is -2.23. The van der Waals surface area contributed by atoms with Crippen LogP contribution < -0.4 is 5.32 Å². The monoisotopic (exact) mass is 273 g/mol. The van der Waals surface area contributed by atoms with Gasteiger partial charge in [-0.05, 0) is 27.2 Å². The van der Waals surface area contributed by atoms with Gasteiger partial charge in [-0.1, -0.05) is 6.92 Å². The largest absolute Gasteiger partial charge is 0.458 e. The highest BCUT2D eigenvalue weighted by Crippen LogP contribution is 2.11. The molecule has 1 N–H and O–H groups in total. The van der Waals surface area contributed by atoms with Gasteiger partial charge in [-0.25, -0.2) is 9.59 Å². The molecule has 19 heavy (non-hydrogen) atoms. The fourth-order valence-corrected chi connectivity index (χ4v) is 1.63. The molecule has 1 rings (SSSR count). The van der Waals surface area contributed by atoms with Crippen LogP contribution in [0.5, 0.6) is 0 Å². The van der Waals surface area contributed by atoms with E-state index in [0.29, 0.717) is 26.1 Å². The van der Waals surface area contributed by atoms with Crippen molar-refractivity contribution in [2.24, 2.45) is 0 Å². The van der Waals surface area contributed by atoms with Crippen molar-refractivity contribution in [1.82, 2.24) is 5.32 Å². The quantitative estimate of drug-likeness (QED) is 0.788. The van der Waals surface area contributed by atoms with Crippen LogP contribution in [0.15, 0.2) is 0 Å². The van der Waals surface area contributed by atoms with Crippen molar-refractivity contribution in [3.05, 3.63) is 0 Å². The van der Waals surface area contributed by atoms with Crippen LogP contribution in [0, 0.1) is 0 Å². The normalized spacial score (nSPS) is 20.7. The van der Waals surface area contributed by atoms with Crippen molar-refractivity contribution in [2.75, 3.05) is 13.2 Å². The molecule has 0 aromatic heterocycles. The Morgan fingerprint density at radius 3 is 2.58 bits per heavy atom. The van der Waals surface area contributed by atoms with E-state index < -0.39 is 23.7 Å². The molecule has 110 valence electrons. The number of hydrogen-bond donors (Lipinski definition) is 1. The van der Waals surface area contributed by atoms with Gasteiger partial charge in [0.25, 0.3) is 0 Å². The first-order chi connectivity index (χ1) is 8.81. The van der Waals surface area contributed by atoms with Crippen molar-refractivity contribution in [1.29, 1.82) is 0 Å². The minimum atomic E-state index is -0.685. The zero-order valence-electron chi connectivity index (χ0n) is 12.0. The van der Waals surface area contributed by atoms with E-state index in [1.165, 1.54) is 0 Å². The lowest BCUT2D eigenvalue weighted by Crippen LogP contribution is -2.44. The second kappa shape index (κ2) is 6.75. The number of alkyl carbamates (subject to hydrolysis) is 1. The molecule has 1 aliphatic rings. The van der Waals surface area contributed by atoms with E-state index in [1.807, 2.05) is 0 Å². The number of rotatable bonds is 4. The van der Waals surface area contributed by atoms with Gasteiger partial charge >= 0.3 is 12.1 Å². The highest BCUT2D eigenvalue weighted by molar-refractivity contribution is 5.81. The van der Waals surface area contributed by atoms with Gasteiger partial charge in [0, 0.05) is 6.42 Å². The van der Waals surface area contributed by atoms with E-state index in [4.69, 9.17) is 14.2 Å². The Bertz CT molecular complexity index is 317. The minimum Gasteiger partial charge on any atom is -0.458 e. The molecule has 6 nitrogen and oxygen atoms in total. The number of amides is 1. The molecule has 0 aliphatic carbocycles. The van der Waals surface area contributed by atoms with Gasteiger partial charge in [0.2, 0.25) is 0 Å². The molecule has 0 radical (unpaired) electrons. The first-order valence-electron chi connectivity index (χ1n) is 6.59. The molecule has 1 saturated heterocycles. The van der Waals surface area contributed by atoms with E-state index in [9.17, 15) is 9.59 Å². The summed E-state index contributed by atoms with van der Waals surface area (Å²) in [4.78, 5) is 23.5. The van der Waals surface area contributed by atoms with Gasteiger partial charge in [0.1, 0.15) is 17.7 Å². The van der Waals surface area contributed by atoms with E-state index in [2.05, 4.69) is 5.32 Å². The molecule has 2 atom stereocenters. The summed E-state index contributed by atoms with van der Waals surface area (Å²) in [6.07, 6.45) is 0.334. The van der Waals surface area contributed by atoms with Crippen LogP contribution in [0.3, 0.4) is 0 Å². The molecule has 0 saturated carbocycles. The SMILES string of the molecule is CCC(NC(=O)OC(C)(C)C)C(=O)OC1CCOC1. The maximum atomic E-state index is 11.9. The van der Waals surface area contributed by atoms with Crippen LogP contribution in [0.2, 0.25) is 0 Å². The Morgan fingerprint density at radius 2 is 2.11 bits per heavy atom. The molecule has 0 aromatic carbocycles. The third kappa shape index (κ3) is 5.92. The van der Waals surface area contributed by atoms with Crippen molar-refractivity contribution >= 4 is 12.1 Å². The molecular formula is C13H23NO5. The van der Waals surface area contributed by atoms with Crippen molar-refractivity contribution in [2.45, 2.75) is 58.3 Å². The zero-order chi connectivity index (χ0) is 14.5. The topological polar surface area (TPSA) is 73.9 Å². The van der Waals surface area contributed by atoms with Crippen LogP contribution >= 0.6 is 0 Å². The number of nitrogens with one attached hydrogen (secondary N) is 1. The maximum Gasteiger partial charge on any atom is 0.408 e. The van der Waals surface area contributed by atoms with Crippen LogP contribution in [0.4, 0.5) is 4.79 Å². The number of hydrogen-bond acceptors (Lipinski definition) is 5. The average Bonchev–Trinajstić information content (AvgIpc) is 2.75. The van der Waals surface area contributed by atoms with Crippen molar-refractivity contribution in [3.8, 4) is 0 Å². The van der Waals surface area contributed by atoms with Crippen LogP contribution in [-0.4, -0.2) is 43.0 Å². The Balaban J connectivity index is 2.43. The van der Waals surface area contributed by atoms with Crippen LogP contribution in [-0.2, 0) is 19.0 Å². The summed E-state index contributed by atoms with van der Waals surface area (Å²) in [6, 6.07) is -0.685. The summed E-state index contributed by atoms with van der Waals surface area (Å²) >= 11 is 0. The molecule has 1 heterocycles.